The van der Waals surface area contributed by atoms with Gasteiger partial charge in [0.05, 0.1) is 31.0 Å². The van der Waals surface area contributed by atoms with Gasteiger partial charge in [0.2, 0.25) is 11.0 Å². The summed E-state index contributed by atoms with van der Waals surface area (Å²) < 4.78 is 11.9. The van der Waals surface area contributed by atoms with Gasteiger partial charge in [-0.25, -0.2) is 4.98 Å². The lowest BCUT2D eigenvalue weighted by molar-refractivity contribution is -0.144. The molecule has 0 spiro atoms. The van der Waals surface area contributed by atoms with Crippen molar-refractivity contribution in [2.24, 2.45) is 0 Å². The zero-order chi connectivity index (χ0) is 21.5. The molecular formula is C21H24N4O4S. The van der Waals surface area contributed by atoms with Crippen LogP contribution in [0, 0.1) is 6.92 Å². The fourth-order valence-electron chi connectivity index (χ4n) is 2.77. The van der Waals surface area contributed by atoms with Crippen LogP contribution in [0.5, 0.6) is 5.75 Å². The molecule has 8 nitrogen and oxygen atoms in total. The molecule has 0 bridgehead atoms. The van der Waals surface area contributed by atoms with Crippen LogP contribution >= 0.6 is 11.3 Å². The molecule has 30 heavy (non-hydrogen) atoms. The topological polar surface area (TPSA) is 95.3 Å². The van der Waals surface area contributed by atoms with Crippen molar-refractivity contribution in [3.05, 3.63) is 41.4 Å². The van der Waals surface area contributed by atoms with Crippen molar-refractivity contribution in [3.8, 4) is 22.1 Å². The Hall–Kier alpha value is -3.20. The van der Waals surface area contributed by atoms with Crippen molar-refractivity contribution in [1.29, 1.82) is 0 Å². The van der Waals surface area contributed by atoms with Gasteiger partial charge in [-0.05, 0) is 45.0 Å². The van der Waals surface area contributed by atoms with Crippen molar-refractivity contribution in [2.75, 3.05) is 18.5 Å². The predicted molar refractivity (Wildman–Crippen MR) is 115 cm³/mol. The van der Waals surface area contributed by atoms with E-state index < -0.39 is 5.97 Å². The van der Waals surface area contributed by atoms with E-state index in [1.54, 1.807) is 17.7 Å². The summed E-state index contributed by atoms with van der Waals surface area (Å²) in [6.45, 7) is 6.43. The Labute approximate surface area is 178 Å². The first kappa shape index (κ1) is 21.5. The van der Waals surface area contributed by atoms with Crippen LogP contribution in [0.2, 0.25) is 0 Å². The van der Waals surface area contributed by atoms with E-state index in [-0.39, 0.29) is 18.7 Å². The van der Waals surface area contributed by atoms with E-state index in [2.05, 4.69) is 15.4 Å². The van der Waals surface area contributed by atoms with Crippen molar-refractivity contribution in [3.63, 3.8) is 0 Å². The van der Waals surface area contributed by atoms with Gasteiger partial charge in [-0.15, -0.1) is 11.3 Å². The highest BCUT2D eigenvalue weighted by atomic mass is 32.1. The molecule has 0 atom stereocenters. The maximum absolute atomic E-state index is 12.2. The lowest BCUT2D eigenvalue weighted by atomic mass is 10.2. The van der Waals surface area contributed by atoms with E-state index in [0.717, 1.165) is 22.7 Å². The number of nitrogens with one attached hydrogen (secondary N) is 1. The molecule has 0 aliphatic heterocycles. The highest BCUT2D eigenvalue weighted by molar-refractivity contribution is 7.12. The average molecular weight is 429 g/mol. The molecule has 2 heterocycles. The Morgan fingerprint density at radius 3 is 2.60 bits per heavy atom. The number of ether oxygens (including phenoxy) is 2. The van der Waals surface area contributed by atoms with Gasteiger partial charge in [-0.2, -0.15) is 9.78 Å². The summed E-state index contributed by atoms with van der Waals surface area (Å²) in [5.41, 5.74) is 2.52. The van der Waals surface area contributed by atoms with E-state index in [9.17, 15) is 9.59 Å². The van der Waals surface area contributed by atoms with E-state index in [1.165, 1.54) is 11.3 Å². The van der Waals surface area contributed by atoms with Gasteiger partial charge >= 0.3 is 5.97 Å². The monoisotopic (exact) mass is 428 g/mol. The highest BCUT2D eigenvalue weighted by Crippen LogP contribution is 2.27. The number of anilines is 1. The number of aromatic nitrogens is 3. The van der Waals surface area contributed by atoms with E-state index in [1.807, 2.05) is 43.5 Å². The zero-order valence-corrected chi connectivity index (χ0v) is 18.0. The minimum Gasteiger partial charge on any atom is -0.494 e. The summed E-state index contributed by atoms with van der Waals surface area (Å²) in [5, 5.41) is 9.82. The molecule has 0 aliphatic carbocycles. The molecule has 0 unspecified atom stereocenters. The van der Waals surface area contributed by atoms with Crippen molar-refractivity contribution in [1.82, 2.24) is 14.8 Å². The summed E-state index contributed by atoms with van der Waals surface area (Å²) >= 11 is 1.42. The summed E-state index contributed by atoms with van der Waals surface area (Å²) in [5.74, 6) is 0.644. The van der Waals surface area contributed by atoms with Crippen molar-refractivity contribution >= 4 is 29.0 Å². The lowest BCUT2D eigenvalue weighted by Gasteiger charge is -2.06. The predicted octanol–water partition coefficient (Wildman–Crippen LogP) is 3.98. The molecule has 0 saturated carbocycles. The van der Waals surface area contributed by atoms with Gasteiger partial charge in [-0.3, -0.25) is 9.59 Å². The summed E-state index contributed by atoms with van der Waals surface area (Å²) in [7, 11) is 0. The highest BCUT2D eigenvalue weighted by Gasteiger charge is 2.15. The summed E-state index contributed by atoms with van der Waals surface area (Å²) in [4.78, 5) is 28.3. The maximum atomic E-state index is 12.2. The molecule has 0 radical (unpaired) electrons. The first-order valence-corrected chi connectivity index (χ1v) is 10.6. The number of carbonyl (C=O) groups is 2. The number of esters is 1. The molecular weight excluding hydrogens is 404 g/mol. The van der Waals surface area contributed by atoms with Gasteiger partial charge in [0.15, 0.2) is 0 Å². The molecule has 1 amide bonds. The van der Waals surface area contributed by atoms with Crippen LogP contribution in [-0.2, 0) is 14.3 Å². The number of hydrogen-bond acceptors (Lipinski definition) is 7. The number of thiazole rings is 1. The second-order valence-corrected chi connectivity index (χ2v) is 7.25. The molecule has 0 aliphatic rings. The Morgan fingerprint density at radius 1 is 1.13 bits per heavy atom. The first-order chi connectivity index (χ1) is 14.5. The molecule has 0 fully saturated rings. The summed E-state index contributed by atoms with van der Waals surface area (Å²) in [6.07, 6.45) is 0.0737. The molecule has 2 aromatic heterocycles. The number of carbonyl (C=O) groups excluding carboxylic acids is 2. The third kappa shape index (κ3) is 5.44. The van der Waals surface area contributed by atoms with E-state index in [4.69, 9.17) is 9.47 Å². The number of aryl methyl sites for hydroxylation is 1. The fraction of sp³-hybridized carbons (Fsp3) is 0.333. The van der Waals surface area contributed by atoms with Crippen LogP contribution in [0.3, 0.4) is 0 Å². The number of amides is 1. The third-order valence-corrected chi connectivity index (χ3v) is 4.91. The normalized spacial score (nSPS) is 10.6. The largest absolute Gasteiger partial charge is 0.494 e. The quantitative estimate of drug-likeness (QED) is 0.518. The molecule has 3 aromatic rings. The van der Waals surface area contributed by atoms with Gasteiger partial charge in [0.1, 0.15) is 11.6 Å². The van der Waals surface area contributed by atoms with Crippen LogP contribution < -0.4 is 10.1 Å². The number of rotatable bonds is 9. The second-order valence-electron chi connectivity index (χ2n) is 6.41. The SMILES string of the molecule is CCOC(=O)CCC(=O)Nc1cc(C)nn1-c1nc(-c2ccc(OCC)cc2)cs1. The van der Waals surface area contributed by atoms with E-state index >= 15 is 0 Å². The van der Waals surface area contributed by atoms with Gasteiger partial charge in [-0.1, -0.05) is 0 Å². The molecule has 0 saturated heterocycles. The zero-order valence-electron chi connectivity index (χ0n) is 17.2. The maximum Gasteiger partial charge on any atom is 0.306 e. The van der Waals surface area contributed by atoms with Crippen LogP contribution in [0.25, 0.3) is 16.4 Å². The van der Waals surface area contributed by atoms with Gasteiger partial charge in [0.25, 0.3) is 0 Å². The molecule has 3 rings (SSSR count). The van der Waals surface area contributed by atoms with Crippen molar-refractivity contribution in [2.45, 2.75) is 33.6 Å². The standard InChI is InChI=1S/C21H24N4O4S/c1-4-28-16-8-6-15(7-9-16)17-13-30-21(22-17)25-18(12-14(3)24-25)23-19(26)10-11-20(27)29-5-2/h6-9,12-13H,4-5,10-11H2,1-3H3,(H,23,26). The van der Waals surface area contributed by atoms with Crippen LogP contribution in [-0.4, -0.2) is 39.9 Å². The smallest absolute Gasteiger partial charge is 0.306 e. The number of nitrogens with zero attached hydrogens (tertiary/aromatic N) is 3. The van der Waals surface area contributed by atoms with Crippen LogP contribution in [0.15, 0.2) is 35.7 Å². The Morgan fingerprint density at radius 2 is 1.90 bits per heavy atom. The van der Waals surface area contributed by atoms with Gasteiger partial charge in [0, 0.05) is 23.4 Å². The van der Waals surface area contributed by atoms with Gasteiger partial charge < -0.3 is 14.8 Å². The number of hydrogen-bond donors (Lipinski definition) is 1. The Kier molecular flexibility index (Phi) is 7.18. The molecule has 1 aromatic carbocycles. The van der Waals surface area contributed by atoms with Crippen LogP contribution in [0.4, 0.5) is 5.82 Å². The fourth-order valence-corrected chi connectivity index (χ4v) is 3.57. The Balaban J connectivity index is 1.72. The molecule has 1 N–H and O–H groups in total. The van der Waals surface area contributed by atoms with Crippen LogP contribution in [0.1, 0.15) is 32.4 Å². The average Bonchev–Trinajstić information content (AvgIpc) is 3.34. The number of benzene rings is 1. The Bertz CT molecular complexity index is 1010. The second kappa shape index (κ2) is 10.0. The summed E-state index contributed by atoms with van der Waals surface area (Å²) in [6, 6.07) is 9.49. The molecule has 9 heteroatoms. The third-order valence-electron chi connectivity index (χ3n) is 4.09. The van der Waals surface area contributed by atoms with E-state index in [0.29, 0.717) is 24.2 Å². The lowest BCUT2D eigenvalue weighted by Crippen LogP contribution is -2.16. The minimum atomic E-state index is -0.391. The van der Waals surface area contributed by atoms with Crippen molar-refractivity contribution < 1.29 is 19.1 Å². The minimum absolute atomic E-state index is 0.0337. The first-order valence-electron chi connectivity index (χ1n) is 9.71. The molecule has 158 valence electrons.